The summed E-state index contributed by atoms with van der Waals surface area (Å²) < 4.78 is 29.8. The number of thiazole rings is 1. The second kappa shape index (κ2) is 10.1. The molecule has 162 valence electrons. The Balaban J connectivity index is 1.47. The summed E-state index contributed by atoms with van der Waals surface area (Å²) in [5.74, 6) is 0.110. The summed E-state index contributed by atoms with van der Waals surface area (Å²) in [6, 6.07) is 10.5. The summed E-state index contributed by atoms with van der Waals surface area (Å²) in [6.07, 6.45) is 5.43. The third kappa shape index (κ3) is 5.47. The van der Waals surface area contributed by atoms with Gasteiger partial charge in [0.1, 0.15) is 11.6 Å². The van der Waals surface area contributed by atoms with Gasteiger partial charge in [-0.2, -0.15) is 0 Å². The summed E-state index contributed by atoms with van der Waals surface area (Å²) in [4.78, 5) is 3.99. The Kier molecular flexibility index (Phi) is 7.27. The Morgan fingerprint density at radius 3 is 2.77 bits per heavy atom. The Bertz CT molecular complexity index is 1100. The topological polar surface area (TPSA) is 54.0 Å². The number of rotatable bonds is 7. The Morgan fingerprint density at radius 1 is 1.23 bits per heavy atom. The van der Waals surface area contributed by atoms with Crippen molar-refractivity contribution in [2.75, 3.05) is 16.6 Å². The van der Waals surface area contributed by atoms with Gasteiger partial charge in [-0.3, -0.25) is 4.72 Å². The summed E-state index contributed by atoms with van der Waals surface area (Å²) in [5, 5.41) is 6.00. The van der Waals surface area contributed by atoms with Crippen LogP contribution >= 0.6 is 34.5 Å². The molecule has 1 heterocycles. The van der Waals surface area contributed by atoms with E-state index >= 15 is 0 Å². The molecule has 4 rings (SSSR count). The first-order chi connectivity index (χ1) is 15.0. The molecule has 0 aliphatic heterocycles. The van der Waals surface area contributed by atoms with E-state index in [1.165, 1.54) is 29.0 Å². The summed E-state index contributed by atoms with van der Waals surface area (Å²) >= 11 is 13.8. The average molecular weight is 496 g/mol. The molecule has 0 saturated carbocycles. The minimum atomic E-state index is -1.80. The van der Waals surface area contributed by atoms with Gasteiger partial charge in [0.25, 0.3) is 0 Å². The van der Waals surface area contributed by atoms with E-state index in [1.54, 1.807) is 10.9 Å². The van der Waals surface area contributed by atoms with Gasteiger partial charge in [-0.15, -0.1) is 11.3 Å². The predicted molar refractivity (Wildman–Crippen MR) is 129 cm³/mol. The summed E-state index contributed by atoms with van der Waals surface area (Å²) in [7, 11) is -1.80. The number of anilines is 2. The number of nitrogens with zero attached hydrogens (tertiary/aromatic N) is 1. The van der Waals surface area contributed by atoms with Crippen LogP contribution in [0.2, 0.25) is 10.0 Å². The molecule has 2 aromatic carbocycles. The van der Waals surface area contributed by atoms with Crippen LogP contribution in [0.15, 0.2) is 58.3 Å². The molecule has 1 aromatic heterocycles. The van der Waals surface area contributed by atoms with Crippen molar-refractivity contribution < 1.29 is 8.60 Å². The van der Waals surface area contributed by atoms with Gasteiger partial charge in [0.05, 0.1) is 21.1 Å². The van der Waals surface area contributed by atoms with E-state index in [9.17, 15) is 8.60 Å². The highest BCUT2D eigenvalue weighted by atomic mass is 35.5. The lowest BCUT2D eigenvalue weighted by atomic mass is 9.83. The molecule has 4 nitrogen and oxygen atoms in total. The molecule has 9 heteroatoms. The molecule has 2 atom stereocenters. The zero-order valence-corrected chi connectivity index (χ0v) is 19.6. The fourth-order valence-electron chi connectivity index (χ4n) is 3.60. The first kappa shape index (κ1) is 22.3. The maximum absolute atomic E-state index is 14.7. The number of halogens is 3. The molecule has 0 fully saturated rings. The average Bonchev–Trinajstić information content (AvgIpc) is 3.28. The molecule has 0 saturated heterocycles. The maximum Gasteiger partial charge on any atom is 0.154 e. The molecule has 1 aliphatic rings. The number of hydrogen-bond acceptors (Lipinski definition) is 4. The second-order valence-corrected chi connectivity index (χ2v) is 9.93. The highest BCUT2D eigenvalue weighted by Crippen LogP contribution is 2.34. The fourth-order valence-corrected chi connectivity index (χ4v) is 5.46. The van der Waals surface area contributed by atoms with Gasteiger partial charge < -0.3 is 5.32 Å². The van der Waals surface area contributed by atoms with Crippen molar-refractivity contribution in [1.29, 1.82) is 0 Å². The standard InChI is InChI=1S/C22H20Cl2FN3OS2/c23-16-7-5-14(6-8-16)17-4-2-1-3-15(17)11-26-20-10-19(25)21(9-18(20)24)31(29)28-22-12-30-13-27-22/h4-10,12-13,15,26,28H,1-3,11H2. The number of benzene rings is 2. The van der Waals surface area contributed by atoms with Crippen molar-refractivity contribution in [3.05, 3.63) is 74.8 Å². The molecular formula is C22H20Cl2FN3OS2. The first-order valence-electron chi connectivity index (χ1n) is 9.77. The van der Waals surface area contributed by atoms with Gasteiger partial charge >= 0.3 is 0 Å². The van der Waals surface area contributed by atoms with Crippen LogP contribution in [0.25, 0.3) is 5.57 Å². The van der Waals surface area contributed by atoms with Crippen LogP contribution in [-0.4, -0.2) is 15.7 Å². The van der Waals surface area contributed by atoms with E-state index in [0.29, 0.717) is 28.1 Å². The van der Waals surface area contributed by atoms with Crippen LogP contribution in [-0.2, 0) is 11.0 Å². The van der Waals surface area contributed by atoms with Crippen molar-refractivity contribution in [3.63, 3.8) is 0 Å². The van der Waals surface area contributed by atoms with Crippen LogP contribution in [0.3, 0.4) is 0 Å². The number of hydrogen-bond donors (Lipinski definition) is 2. The van der Waals surface area contributed by atoms with E-state index in [4.69, 9.17) is 23.2 Å². The lowest BCUT2D eigenvalue weighted by Gasteiger charge is -2.26. The fraction of sp³-hybridized carbons (Fsp3) is 0.227. The van der Waals surface area contributed by atoms with Crippen LogP contribution in [0, 0.1) is 11.7 Å². The molecule has 0 radical (unpaired) electrons. The molecule has 2 unspecified atom stereocenters. The minimum absolute atomic E-state index is 0.0111. The van der Waals surface area contributed by atoms with Crippen LogP contribution in [0.5, 0.6) is 0 Å². The number of allylic oxidation sites excluding steroid dienone is 1. The minimum Gasteiger partial charge on any atom is -0.383 e. The normalized spacial score (nSPS) is 17.1. The Morgan fingerprint density at radius 2 is 2.03 bits per heavy atom. The van der Waals surface area contributed by atoms with Gasteiger partial charge in [-0.25, -0.2) is 13.6 Å². The molecular weight excluding hydrogens is 476 g/mol. The molecule has 0 spiro atoms. The van der Waals surface area contributed by atoms with Crippen LogP contribution in [0.1, 0.15) is 24.8 Å². The predicted octanol–water partition coefficient (Wildman–Crippen LogP) is 7.02. The zero-order valence-electron chi connectivity index (χ0n) is 16.4. The highest BCUT2D eigenvalue weighted by Gasteiger charge is 2.21. The second-order valence-electron chi connectivity index (χ2n) is 7.18. The van der Waals surface area contributed by atoms with Gasteiger partial charge in [0.2, 0.25) is 0 Å². The molecule has 0 amide bonds. The third-order valence-electron chi connectivity index (χ3n) is 5.13. The van der Waals surface area contributed by atoms with Crippen molar-refractivity contribution in [3.8, 4) is 0 Å². The Labute approximate surface area is 197 Å². The molecule has 3 aromatic rings. The number of aromatic nitrogens is 1. The maximum atomic E-state index is 14.7. The lowest BCUT2D eigenvalue weighted by Crippen LogP contribution is -2.19. The van der Waals surface area contributed by atoms with Gasteiger partial charge in [-0.05, 0) is 54.7 Å². The lowest BCUT2D eigenvalue weighted by molar-refractivity contribution is 0.578. The van der Waals surface area contributed by atoms with Crippen LogP contribution in [0.4, 0.5) is 15.9 Å². The smallest absolute Gasteiger partial charge is 0.154 e. The molecule has 31 heavy (non-hydrogen) atoms. The van der Waals surface area contributed by atoms with Gasteiger partial charge in [0.15, 0.2) is 11.0 Å². The largest absolute Gasteiger partial charge is 0.383 e. The number of nitrogens with one attached hydrogen (secondary N) is 2. The van der Waals surface area contributed by atoms with Crippen molar-refractivity contribution >= 4 is 62.6 Å². The van der Waals surface area contributed by atoms with E-state index in [0.717, 1.165) is 24.8 Å². The Hall–Kier alpha value is -1.93. The zero-order chi connectivity index (χ0) is 21.8. The van der Waals surface area contributed by atoms with Gasteiger partial charge in [-0.1, -0.05) is 41.4 Å². The molecule has 1 aliphatic carbocycles. The summed E-state index contributed by atoms with van der Waals surface area (Å²) in [5.41, 5.74) is 4.49. The van der Waals surface area contributed by atoms with Gasteiger partial charge in [0, 0.05) is 22.9 Å². The van der Waals surface area contributed by atoms with Crippen molar-refractivity contribution in [1.82, 2.24) is 4.98 Å². The SMILES string of the molecule is O=S(Nc1cscn1)c1cc(Cl)c(NCC2CCCC=C2c2ccc(Cl)cc2)cc1F. The highest BCUT2D eigenvalue weighted by molar-refractivity contribution is 7.86. The first-order valence-corrected chi connectivity index (χ1v) is 12.6. The van der Waals surface area contributed by atoms with Crippen molar-refractivity contribution in [2.45, 2.75) is 24.2 Å². The molecule has 0 bridgehead atoms. The third-order valence-corrected chi connectivity index (χ3v) is 7.39. The monoisotopic (exact) mass is 495 g/mol. The molecule has 2 N–H and O–H groups in total. The van der Waals surface area contributed by atoms with E-state index in [2.05, 4.69) is 21.1 Å². The van der Waals surface area contributed by atoms with Crippen LogP contribution < -0.4 is 10.0 Å². The van der Waals surface area contributed by atoms with E-state index in [1.807, 2.05) is 24.3 Å². The van der Waals surface area contributed by atoms with E-state index < -0.39 is 16.8 Å². The quantitative estimate of drug-likeness (QED) is 0.370. The van der Waals surface area contributed by atoms with Crippen molar-refractivity contribution in [2.24, 2.45) is 5.92 Å². The summed E-state index contributed by atoms with van der Waals surface area (Å²) in [6.45, 7) is 0.618. The van der Waals surface area contributed by atoms with E-state index in [-0.39, 0.29) is 10.8 Å².